The van der Waals surface area contributed by atoms with Crippen molar-refractivity contribution in [1.29, 1.82) is 0 Å². The van der Waals surface area contributed by atoms with Crippen molar-refractivity contribution in [3.05, 3.63) is 35.9 Å². The van der Waals surface area contributed by atoms with Gasteiger partial charge in [0.05, 0.1) is 6.10 Å². The van der Waals surface area contributed by atoms with Gasteiger partial charge in [0.1, 0.15) is 6.10 Å². The molecule has 0 bridgehead atoms. The average molecular weight is 174 g/mol. The predicted molar refractivity (Wildman–Crippen MR) is 47.5 cm³/mol. The third-order valence-corrected chi connectivity index (χ3v) is 2.89. The van der Waals surface area contributed by atoms with E-state index in [4.69, 9.17) is 4.74 Å². The summed E-state index contributed by atoms with van der Waals surface area (Å²) in [6.45, 7) is 0. The zero-order valence-electron chi connectivity index (χ0n) is 7.14. The van der Waals surface area contributed by atoms with Crippen molar-refractivity contribution in [2.45, 2.75) is 24.5 Å². The Morgan fingerprint density at radius 3 is 2.54 bits per heavy atom. The molecule has 0 spiro atoms. The van der Waals surface area contributed by atoms with Crippen LogP contribution >= 0.6 is 0 Å². The molecule has 3 rings (SSSR count). The lowest BCUT2D eigenvalue weighted by molar-refractivity contribution is -0.120. The molecule has 1 saturated carbocycles. The molecule has 1 saturated heterocycles. The van der Waals surface area contributed by atoms with Crippen LogP contribution in [0.3, 0.4) is 0 Å². The summed E-state index contributed by atoms with van der Waals surface area (Å²) in [5.74, 6) is 0.595. The smallest absolute Gasteiger partial charge is 0.164 e. The van der Waals surface area contributed by atoms with Crippen LogP contribution in [0.5, 0.6) is 0 Å². The number of epoxide rings is 1. The van der Waals surface area contributed by atoms with Gasteiger partial charge in [0, 0.05) is 12.3 Å². The lowest BCUT2D eigenvalue weighted by Crippen LogP contribution is -2.03. The van der Waals surface area contributed by atoms with Crippen LogP contribution in [0.1, 0.15) is 17.9 Å². The third kappa shape index (κ3) is 1.02. The number of rotatable bonds is 1. The van der Waals surface area contributed by atoms with E-state index in [9.17, 15) is 4.79 Å². The summed E-state index contributed by atoms with van der Waals surface area (Å²) >= 11 is 0. The van der Waals surface area contributed by atoms with E-state index in [2.05, 4.69) is 12.1 Å². The summed E-state index contributed by atoms with van der Waals surface area (Å²) in [5.41, 5.74) is 1.24. The molecule has 1 aliphatic heterocycles. The van der Waals surface area contributed by atoms with Crippen molar-refractivity contribution in [2.75, 3.05) is 0 Å². The molecule has 13 heavy (non-hydrogen) atoms. The fourth-order valence-electron chi connectivity index (χ4n) is 2.15. The molecule has 2 aliphatic rings. The lowest BCUT2D eigenvalue weighted by Gasteiger charge is -2.08. The number of hydrogen-bond acceptors (Lipinski definition) is 2. The molecule has 3 atom stereocenters. The molecule has 1 aromatic rings. The van der Waals surface area contributed by atoms with E-state index in [0.29, 0.717) is 12.3 Å². The number of carbonyl (C=O) groups excluding carboxylic acids is 1. The Hall–Kier alpha value is -1.15. The Morgan fingerprint density at radius 1 is 1.23 bits per heavy atom. The van der Waals surface area contributed by atoms with Gasteiger partial charge in [0.2, 0.25) is 0 Å². The van der Waals surface area contributed by atoms with E-state index in [1.54, 1.807) is 0 Å². The van der Waals surface area contributed by atoms with Gasteiger partial charge in [-0.3, -0.25) is 4.79 Å². The summed E-state index contributed by atoms with van der Waals surface area (Å²) in [6.07, 6.45) is 0.791. The molecular weight excluding hydrogens is 164 g/mol. The number of Topliss-reactive ketones (excluding diaryl/α,β-unsaturated/α-hetero) is 1. The topological polar surface area (TPSA) is 29.6 Å². The monoisotopic (exact) mass is 174 g/mol. The van der Waals surface area contributed by atoms with Crippen molar-refractivity contribution >= 4 is 5.78 Å². The molecular formula is C11H10O2. The Labute approximate surface area is 76.5 Å². The fourth-order valence-corrected chi connectivity index (χ4v) is 2.15. The van der Waals surface area contributed by atoms with Crippen molar-refractivity contribution in [3.63, 3.8) is 0 Å². The van der Waals surface area contributed by atoms with Gasteiger partial charge >= 0.3 is 0 Å². The minimum Gasteiger partial charge on any atom is -0.361 e. The van der Waals surface area contributed by atoms with Gasteiger partial charge in [-0.25, -0.2) is 0 Å². The van der Waals surface area contributed by atoms with Crippen molar-refractivity contribution < 1.29 is 9.53 Å². The molecule has 0 N–H and O–H groups in total. The molecule has 2 fully saturated rings. The van der Waals surface area contributed by atoms with E-state index in [1.807, 2.05) is 18.2 Å². The molecule has 0 unspecified atom stereocenters. The van der Waals surface area contributed by atoms with Gasteiger partial charge in [0.15, 0.2) is 5.78 Å². The summed E-state index contributed by atoms with van der Waals surface area (Å²) in [7, 11) is 0. The Morgan fingerprint density at radius 2 is 2.00 bits per heavy atom. The number of benzene rings is 1. The van der Waals surface area contributed by atoms with E-state index < -0.39 is 0 Å². The Balaban J connectivity index is 1.91. The van der Waals surface area contributed by atoms with E-state index in [-0.39, 0.29) is 18.0 Å². The molecule has 2 nitrogen and oxygen atoms in total. The highest BCUT2D eigenvalue weighted by Gasteiger charge is 2.56. The standard InChI is InChI=1S/C11H10O2/c12-9-6-8(10-11(9)13-10)7-4-2-1-3-5-7/h1-5,8,10-11H,6H2/t8-,10-,11+/m0/s1. The molecule has 0 radical (unpaired) electrons. The van der Waals surface area contributed by atoms with Gasteiger partial charge in [-0.2, -0.15) is 0 Å². The molecule has 1 aromatic carbocycles. The van der Waals surface area contributed by atoms with E-state index >= 15 is 0 Å². The van der Waals surface area contributed by atoms with Crippen LogP contribution in [0.15, 0.2) is 30.3 Å². The first-order valence-electron chi connectivity index (χ1n) is 4.59. The number of fused-ring (bicyclic) bond motifs is 1. The predicted octanol–water partition coefficient (Wildman–Crippen LogP) is 1.51. The highest BCUT2D eigenvalue weighted by molar-refractivity contribution is 5.90. The molecule has 0 aromatic heterocycles. The second kappa shape index (κ2) is 2.42. The van der Waals surface area contributed by atoms with Crippen LogP contribution in [0.4, 0.5) is 0 Å². The fraction of sp³-hybridized carbons (Fsp3) is 0.364. The van der Waals surface area contributed by atoms with Crippen LogP contribution in [0.25, 0.3) is 0 Å². The van der Waals surface area contributed by atoms with E-state index in [0.717, 1.165) is 0 Å². The highest BCUT2D eigenvalue weighted by atomic mass is 16.6. The van der Waals surface area contributed by atoms with Crippen LogP contribution in [0, 0.1) is 0 Å². The second-order valence-corrected chi connectivity index (χ2v) is 3.71. The molecule has 1 heterocycles. The normalized spacial score (nSPS) is 36.0. The number of hydrogen-bond donors (Lipinski definition) is 0. The zero-order chi connectivity index (χ0) is 8.84. The second-order valence-electron chi connectivity index (χ2n) is 3.71. The van der Waals surface area contributed by atoms with Crippen LogP contribution in [-0.4, -0.2) is 18.0 Å². The lowest BCUT2D eigenvalue weighted by atomic mass is 9.97. The Bertz CT molecular complexity index is 344. The minimum atomic E-state index is -0.0646. The van der Waals surface area contributed by atoms with Crippen LogP contribution < -0.4 is 0 Å². The molecule has 1 aliphatic carbocycles. The van der Waals surface area contributed by atoms with Gasteiger partial charge in [-0.05, 0) is 5.56 Å². The van der Waals surface area contributed by atoms with Crippen molar-refractivity contribution in [3.8, 4) is 0 Å². The van der Waals surface area contributed by atoms with Gasteiger partial charge in [0.25, 0.3) is 0 Å². The minimum absolute atomic E-state index is 0.0646. The summed E-state index contributed by atoms with van der Waals surface area (Å²) in [6, 6.07) is 10.2. The molecule has 2 heteroatoms. The van der Waals surface area contributed by atoms with Gasteiger partial charge in [-0.1, -0.05) is 30.3 Å². The SMILES string of the molecule is O=C1C[C@@H](c2ccccc2)[C@@H]2O[C@H]12. The first-order valence-corrected chi connectivity index (χ1v) is 4.59. The summed E-state index contributed by atoms with van der Waals surface area (Å²) < 4.78 is 5.28. The maximum Gasteiger partial charge on any atom is 0.164 e. The quantitative estimate of drug-likeness (QED) is 0.604. The largest absolute Gasteiger partial charge is 0.361 e. The molecule has 66 valence electrons. The highest BCUT2D eigenvalue weighted by Crippen LogP contribution is 2.45. The van der Waals surface area contributed by atoms with Gasteiger partial charge in [-0.15, -0.1) is 0 Å². The van der Waals surface area contributed by atoms with Crippen LogP contribution in [0.2, 0.25) is 0 Å². The van der Waals surface area contributed by atoms with Crippen molar-refractivity contribution in [2.24, 2.45) is 0 Å². The number of ether oxygens (including phenoxy) is 1. The Kier molecular flexibility index (Phi) is 1.35. The maximum absolute atomic E-state index is 11.3. The summed E-state index contributed by atoms with van der Waals surface area (Å²) in [4.78, 5) is 11.3. The zero-order valence-corrected chi connectivity index (χ0v) is 7.14. The van der Waals surface area contributed by atoms with Crippen molar-refractivity contribution in [1.82, 2.24) is 0 Å². The van der Waals surface area contributed by atoms with Crippen LogP contribution in [-0.2, 0) is 9.53 Å². The van der Waals surface area contributed by atoms with Gasteiger partial charge < -0.3 is 4.74 Å². The first kappa shape index (κ1) is 7.27. The maximum atomic E-state index is 11.3. The third-order valence-electron chi connectivity index (χ3n) is 2.89. The summed E-state index contributed by atoms with van der Waals surface area (Å²) in [5, 5.41) is 0. The number of ketones is 1. The number of carbonyl (C=O) groups is 1. The molecule has 0 amide bonds. The first-order chi connectivity index (χ1) is 6.36. The average Bonchev–Trinajstić information content (AvgIpc) is 2.89. The van der Waals surface area contributed by atoms with E-state index in [1.165, 1.54) is 5.56 Å².